The molecule has 0 unspecified atom stereocenters. The summed E-state index contributed by atoms with van der Waals surface area (Å²) < 4.78 is 0. The Balaban J connectivity index is 2.02. The van der Waals surface area contributed by atoms with Gasteiger partial charge in [-0.2, -0.15) is 0 Å². The molecule has 0 amide bonds. The molecule has 0 fully saturated rings. The summed E-state index contributed by atoms with van der Waals surface area (Å²) in [5.74, 6) is 0. The molecule has 0 atom stereocenters. The zero-order valence-corrected chi connectivity index (χ0v) is 13.0. The lowest BCUT2D eigenvalue weighted by molar-refractivity contribution is 0.508. The van der Waals surface area contributed by atoms with Crippen molar-refractivity contribution >= 4 is 23.0 Å². The Kier molecular flexibility index (Phi) is 4.74. The molecule has 2 aromatic carbocycles. The largest absolute Gasteiger partial charge is 0.348 e. The van der Waals surface area contributed by atoms with E-state index in [0.717, 1.165) is 17.3 Å². The molecule has 0 aliphatic heterocycles. The number of benzene rings is 2. The Morgan fingerprint density at radius 1 is 1.10 bits per heavy atom. The van der Waals surface area contributed by atoms with Crippen molar-refractivity contribution in [1.29, 1.82) is 0 Å². The molecular weight excluding hydrogens is 264 g/mol. The van der Waals surface area contributed by atoms with E-state index in [2.05, 4.69) is 49.5 Å². The number of anilines is 1. The maximum absolute atomic E-state index is 5.48. The first-order valence-electron chi connectivity index (χ1n) is 6.69. The molecule has 3 heteroatoms. The fraction of sp³-hybridized carbons (Fsp3) is 0.235. The van der Waals surface area contributed by atoms with Crippen molar-refractivity contribution in [2.45, 2.75) is 20.4 Å². The second-order valence-electron chi connectivity index (χ2n) is 5.09. The fourth-order valence-electron chi connectivity index (χ4n) is 2.01. The van der Waals surface area contributed by atoms with E-state index < -0.39 is 0 Å². The lowest BCUT2D eigenvalue weighted by Crippen LogP contribution is -2.30. The van der Waals surface area contributed by atoms with Gasteiger partial charge in [0.15, 0.2) is 5.11 Å². The van der Waals surface area contributed by atoms with Gasteiger partial charge in [-0.15, -0.1) is 0 Å². The highest BCUT2D eigenvalue weighted by atomic mass is 32.1. The van der Waals surface area contributed by atoms with Crippen LogP contribution in [0.25, 0.3) is 0 Å². The van der Waals surface area contributed by atoms with Crippen molar-refractivity contribution in [2.24, 2.45) is 0 Å². The van der Waals surface area contributed by atoms with Gasteiger partial charge < -0.3 is 10.2 Å². The Morgan fingerprint density at radius 2 is 1.80 bits per heavy atom. The van der Waals surface area contributed by atoms with Gasteiger partial charge in [0, 0.05) is 19.3 Å². The SMILES string of the molecule is Cc1ccc(C)c(NC(=S)N(C)Cc2ccccc2)c1. The molecule has 2 rings (SSSR count). The van der Waals surface area contributed by atoms with Crippen LogP contribution in [-0.2, 0) is 6.54 Å². The number of nitrogens with one attached hydrogen (secondary N) is 1. The van der Waals surface area contributed by atoms with Crippen LogP contribution in [0.15, 0.2) is 48.5 Å². The highest BCUT2D eigenvalue weighted by Gasteiger charge is 2.07. The van der Waals surface area contributed by atoms with Crippen molar-refractivity contribution in [3.63, 3.8) is 0 Å². The van der Waals surface area contributed by atoms with Gasteiger partial charge >= 0.3 is 0 Å². The third kappa shape index (κ3) is 3.81. The maximum Gasteiger partial charge on any atom is 0.173 e. The average Bonchev–Trinajstić information content (AvgIpc) is 2.44. The minimum absolute atomic E-state index is 0.738. The molecule has 0 aromatic heterocycles. The first-order valence-corrected chi connectivity index (χ1v) is 7.10. The highest BCUT2D eigenvalue weighted by molar-refractivity contribution is 7.80. The molecule has 20 heavy (non-hydrogen) atoms. The van der Waals surface area contributed by atoms with Crippen LogP contribution in [0, 0.1) is 13.8 Å². The van der Waals surface area contributed by atoms with E-state index in [1.165, 1.54) is 16.7 Å². The van der Waals surface area contributed by atoms with Crippen LogP contribution in [0.3, 0.4) is 0 Å². The fourth-order valence-corrected chi connectivity index (χ4v) is 2.18. The Morgan fingerprint density at radius 3 is 2.50 bits per heavy atom. The van der Waals surface area contributed by atoms with Crippen LogP contribution in [0.5, 0.6) is 0 Å². The lowest BCUT2D eigenvalue weighted by atomic mass is 10.1. The molecule has 0 saturated carbocycles. The van der Waals surface area contributed by atoms with Gasteiger partial charge in [0.05, 0.1) is 0 Å². The Labute approximate surface area is 126 Å². The molecule has 2 nitrogen and oxygen atoms in total. The predicted molar refractivity (Wildman–Crippen MR) is 90.0 cm³/mol. The van der Waals surface area contributed by atoms with Crippen molar-refractivity contribution in [2.75, 3.05) is 12.4 Å². The van der Waals surface area contributed by atoms with Crippen LogP contribution >= 0.6 is 12.2 Å². The first-order chi connectivity index (χ1) is 9.56. The van der Waals surface area contributed by atoms with E-state index in [9.17, 15) is 0 Å². The molecule has 0 spiro atoms. The smallest absolute Gasteiger partial charge is 0.173 e. The van der Waals surface area contributed by atoms with Crippen LogP contribution in [0.2, 0.25) is 0 Å². The van der Waals surface area contributed by atoms with E-state index in [1.807, 2.05) is 30.1 Å². The van der Waals surface area contributed by atoms with Gasteiger partial charge in [0.2, 0.25) is 0 Å². The highest BCUT2D eigenvalue weighted by Crippen LogP contribution is 2.17. The maximum atomic E-state index is 5.48. The molecule has 0 radical (unpaired) electrons. The summed E-state index contributed by atoms with van der Waals surface area (Å²) >= 11 is 5.48. The Bertz CT molecular complexity index is 593. The van der Waals surface area contributed by atoms with E-state index >= 15 is 0 Å². The molecule has 0 bridgehead atoms. The molecule has 104 valence electrons. The summed E-state index contributed by atoms with van der Waals surface area (Å²) in [7, 11) is 2.01. The Hall–Kier alpha value is -1.87. The molecule has 1 N–H and O–H groups in total. The number of rotatable bonds is 3. The van der Waals surface area contributed by atoms with E-state index in [0.29, 0.717) is 0 Å². The van der Waals surface area contributed by atoms with Crippen LogP contribution < -0.4 is 5.32 Å². The predicted octanol–water partition coefficient (Wildman–Crippen LogP) is 4.13. The van der Waals surface area contributed by atoms with Crippen molar-refractivity contribution < 1.29 is 0 Å². The molecule has 2 aromatic rings. The number of hydrogen-bond acceptors (Lipinski definition) is 1. The van der Waals surface area contributed by atoms with Crippen molar-refractivity contribution in [3.05, 3.63) is 65.2 Å². The second-order valence-corrected chi connectivity index (χ2v) is 5.48. The normalized spacial score (nSPS) is 10.2. The first kappa shape index (κ1) is 14.5. The van der Waals surface area contributed by atoms with Crippen LogP contribution in [-0.4, -0.2) is 17.1 Å². The summed E-state index contributed by atoms with van der Waals surface area (Å²) in [6.07, 6.45) is 0. The van der Waals surface area contributed by atoms with Gasteiger partial charge in [-0.3, -0.25) is 0 Å². The molecule has 0 aliphatic rings. The third-order valence-corrected chi connectivity index (χ3v) is 3.66. The zero-order valence-electron chi connectivity index (χ0n) is 12.2. The summed E-state index contributed by atoms with van der Waals surface area (Å²) in [6.45, 7) is 4.97. The number of thiocarbonyl (C=S) groups is 1. The van der Waals surface area contributed by atoms with Crippen LogP contribution in [0.1, 0.15) is 16.7 Å². The van der Waals surface area contributed by atoms with Gasteiger partial charge in [0.1, 0.15) is 0 Å². The van der Waals surface area contributed by atoms with Crippen molar-refractivity contribution in [1.82, 2.24) is 4.90 Å². The number of hydrogen-bond donors (Lipinski definition) is 1. The summed E-state index contributed by atoms with van der Waals surface area (Å²) in [4.78, 5) is 2.05. The van der Waals surface area contributed by atoms with E-state index in [4.69, 9.17) is 12.2 Å². The molecule has 0 saturated heterocycles. The van der Waals surface area contributed by atoms with Gasteiger partial charge in [-0.1, -0.05) is 42.5 Å². The average molecular weight is 284 g/mol. The van der Waals surface area contributed by atoms with Crippen LogP contribution in [0.4, 0.5) is 5.69 Å². The molecule has 0 heterocycles. The van der Waals surface area contributed by atoms with Gasteiger partial charge in [0.25, 0.3) is 0 Å². The number of nitrogens with zero attached hydrogens (tertiary/aromatic N) is 1. The van der Waals surface area contributed by atoms with E-state index in [1.54, 1.807) is 0 Å². The van der Waals surface area contributed by atoms with Gasteiger partial charge in [-0.05, 0) is 48.8 Å². The second kappa shape index (κ2) is 6.53. The molecular formula is C17H20N2S. The van der Waals surface area contributed by atoms with Crippen molar-refractivity contribution in [3.8, 4) is 0 Å². The monoisotopic (exact) mass is 284 g/mol. The number of aryl methyl sites for hydroxylation is 2. The standard InChI is InChI=1S/C17H20N2S/c1-13-9-10-14(2)16(11-13)18-17(20)19(3)12-15-7-5-4-6-8-15/h4-11H,12H2,1-3H3,(H,18,20). The van der Waals surface area contributed by atoms with Gasteiger partial charge in [-0.25, -0.2) is 0 Å². The third-order valence-electron chi connectivity index (χ3n) is 3.24. The summed E-state index contributed by atoms with van der Waals surface area (Å²) in [5, 5.41) is 4.07. The minimum Gasteiger partial charge on any atom is -0.348 e. The van der Waals surface area contributed by atoms with E-state index in [-0.39, 0.29) is 0 Å². The summed E-state index contributed by atoms with van der Waals surface area (Å²) in [6, 6.07) is 16.7. The topological polar surface area (TPSA) is 15.3 Å². The molecule has 0 aliphatic carbocycles. The minimum atomic E-state index is 0.738. The quantitative estimate of drug-likeness (QED) is 0.853. The lowest BCUT2D eigenvalue weighted by Gasteiger charge is -2.22. The zero-order chi connectivity index (χ0) is 14.5. The summed E-state index contributed by atoms with van der Waals surface area (Å²) in [5.41, 5.74) is 4.76.